The zero-order valence-corrected chi connectivity index (χ0v) is 20.2. The summed E-state index contributed by atoms with van der Waals surface area (Å²) in [7, 11) is 0. The first kappa shape index (κ1) is 22.6. The molecule has 1 N–H and O–H groups in total. The summed E-state index contributed by atoms with van der Waals surface area (Å²) in [5.41, 5.74) is 0.426. The maximum Gasteiger partial charge on any atom is 0.309 e. The van der Waals surface area contributed by atoms with Gasteiger partial charge in [0.2, 0.25) is 0 Å². The first-order valence-electron chi connectivity index (χ1n) is 13.0. The number of carbonyl (C=O) groups excluding carboxylic acids is 1. The van der Waals surface area contributed by atoms with Gasteiger partial charge in [-0.1, -0.05) is 53.9 Å². The topological polar surface area (TPSA) is 46.5 Å². The molecule has 0 aromatic rings. The fourth-order valence-corrected chi connectivity index (χ4v) is 8.76. The lowest BCUT2D eigenvalue weighted by Crippen LogP contribution is -2.51. The summed E-state index contributed by atoms with van der Waals surface area (Å²) in [6.45, 7) is 12.8. The minimum atomic E-state index is -0.330. The summed E-state index contributed by atoms with van der Waals surface area (Å²) in [6.07, 6.45) is 11.4. The average Bonchev–Trinajstić information content (AvgIpc) is 2.99. The molecule has 9 atom stereocenters. The van der Waals surface area contributed by atoms with Gasteiger partial charge in [0.15, 0.2) is 0 Å². The van der Waals surface area contributed by atoms with E-state index in [9.17, 15) is 9.90 Å². The van der Waals surface area contributed by atoms with Gasteiger partial charge in [-0.25, -0.2) is 0 Å². The molecule has 0 amide bonds. The van der Waals surface area contributed by atoms with Crippen LogP contribution in [0.25, 0.3) is 0 Å². The molecule has 4 rings (SSSR count). The number of carbonyl (C=O) groups is 1. The second-order valence-electron chi connectivity index (χ2n) is 12.5. The van der Waals surface area contributed by atoms with Crippen molar-refractivity contribution < 1.29 is 14.6 Å². The van der Waals surface area contributed by atoms with Crippen molar-refractivity contribution >= 4 is 5.97 Å². The quantitative estimate of drug-likeness (QED) is 0.538. The average molecular weight is 419 g/mol. The molecule has 1 heterocycles. The summed E-state index contributed by atoms with van der Waals surface area (Å²) in [6, 6.07) is 0. The standard InChI is InChI=1S/C27H46O3/c1-17(2)7-6-8-18(3)21-9-10-22-20-16-30-25(29)24-15-19(28)11-13-27(24,5)23(20)12-14-26(21,22)4/h17-24,28H,6-16H2,1-5H3/t18-,19+,20+,21-,22+,23+,24-,26-,27-/m1/s1. The van der Waals surface area contributed by atoms with Crippen LogP contribution in [0.1, 0.15) is 98.8 Å². The van der Waals surface area contributed by atoms with Crippen molar-refractivity contribution in [1.29, 1.82) is 0 Å². The molecule has 3 aliphatic carbocycles. The van der Waals surface area contributed by atoms with Crippen molar-refractivity contribution in [2.45, 2.75) is 105 Å². The van der Waals surface area contributed by atoms with E-state index in [2.05, 4.69) is 34.6 Å². The van der Waals surface area contributed by atoms with Crippen molar-refractivity contribution in [1.82, 2.24) is 0 Å². The SMILES string of the molecule is CC(C)CCC[C@@H](C)[C@H]1CC[C@H]2[C@@H]3COC(=O)[C@H]4C[C@@H](O)CC[C@]4(C)[C@H]3CC[C@]12C. The van der Waals surface area contributed by atoms with Crippen LogP contribution < -0.4 is 0 Å². The Kier molecular flexibility index (Phi) is 6.34. The predicted molar refractivity (Wildman–Crippen MR) is 121 cm³/mol. The van der Waals surface area contributed by atoms with Crippen LogP contribution in [-0.2, 0) is 9.53 Å². The minimum absolute atomic E-state index is 0.0137. The van der Waals surface area contributed by atoms with E-state index >= 15 is 0 Å². The Morgan fingerprint density at radius 2 is 1.70 bits per heavy atom. The van der Waals surface area contributed by atoms with Gasteiger partial charge in [0.25, 0.3) is 0 Å². The number of aliphatic hydroxyl groups is 1. The lowest BCUT2D eigenvalue weighted by Gasteiger charge is -2.55. The highest BCUT2D eigenvalue weighted by Gasteiger charge is 2.61. The summed E-state index contributed by atoms with van der Waals surface area (Å²) >= 11 is 0. The number of esters is 1. The van der Waals surface area contributed by atoms with Crippen LogP contribution in [0.2, 0.25) is 0 Å². The van der Waals surface area contributed by atoms with Crippen LogP contribution in [0.4, 0.5) is 0 Å². The highest BCUT2D eigenvalue weighted by Crippen LogP contribution is 2.66. The maximum absolute atomic E-state index is 12.9. The molecule has 1 aliphatic heterocycles. The van der Waals surface area contributed by atoms with Crippen LogP contribution in [0.3, 0.4) is 0 Å². The van der Waals surface area contributed by atoms with Crippen molar-refractivity contribution in [2.24, 2.45) is 52.3 Å². The van der Waals surface area contributed by atoms with Gasteiger partial charge in [-0.3, -0.25) is 4.79 Å². The lowest BCUT2D eigenvalue weighted by atomic mass is 9.48. The summed E-state index contributed by atoms with van der Waals surface area (Å²) in [4.78, 5) is 12.9. The van der Waals surface area contributed by atoms with Crippen molar-refractivity contribution in [3.8, 4) is 0 Å². The molecule has 0 unspecified atom stereocenters. The summed E-state index contributed by atoms with van der Waals surface area (Å²) in [5, 5.41) is 10.3. The Labute approximate surface area is 184 Å². The summed E-state index contributed by atoms with van der Waals surface area (Å²) < 4.78 is 5.95. The van der Waals surface area contributed by atoms with E-state index in [0.717, 1.165) is 30.6 Å². The molecule has 3 nitrogen and oxygen atoms in total. The molecule has 4 fully saturated rings. The molecule has 0 aromatic carbocycles. The largest absolute Gasteiger partial charge is 0.465 e. The van der Waals surface area contributed by atoms with Gasteiger partial charge in [0.1, 0.15) is 0 Å². The smallest absolute Gasteiger partial charge is 0.309 e. The molecule has 0 bridgehead atoms. The molecule has 3 saturated carbocycles. The fraction of sp³-hybridized carbons (Fsp3) is 0.963. The van der Waals surface area contributed by atoms with E-state index in [1.807, 2.05) is 0 Å². The molecule has 4 aliphatic rings. The molecule has 1 saturated heterocycles. The molecule has 0 radical (unpaired) electrons. The molecule has 0 aromatic heterocycles. The fourth-order valence-electron chi connectivity index (χ4n) is 8.76. The van der Waals surface area contributed by atoms with Crippen molar-refractivity contribution in [3.05, 3.63) is 0 Å². The third-order valence-corrected chi connectivity index (χ3v) is 10.5. The van der Waals surface area contributed by atoms with Gasteiger partial charge in [-0.15, -0.1) is 0 Å². The number of rotatable bonds is 5. The van der Waals surface area contributed by atoms with Gasteiger partial charge < -0.3 is 9.84 Å². The van der Waals surface area contributed by atoms with Crippen LogP contribution in [-0.4, -0.2) is 23.8 Å². The van der Waals surface area contributed by atoms with Crippen molar-refractivity contribution in [3.63, 3.8) is 0 Å². The minimum Gasteiger partial charge on any atom is -0.465 e. The lowest BCUT2D eigenvalue weighted by molar-refractivity contribution is -0.155. The molecular weight excluding hydrogens is 372 g/mol. The highest BCUT2D eigenvalue weighted by atomic mass is 16.5. The Hall–Kier alpha value is -0.570. The van der Waals surface area contributed by atoms with Crippen LogP contribution >= 0.6 is 0 Å². The Bertz CT molecular complexity index is 630. The zero-order chi connectivity index (χ0) is 21.7. The number of cyclic esters (lactones) is 1. The Balaban J connectivity index is 1.53. The molecular formula is C27H46O3. The molecule has 172 valence electrons. The Morgan fingerprint density at radius 1 is 1.00 bits per heavy atom. The van der Waals surface area contributed by atoms with Crippen LogP contribution in [0, 0.1) is 52.3 Å². The van der Waals surface area contributed by atoms with Crippen molar-refractivity contribution in [2.75, 3.05) is 6.61 Å². The maximum atomic E-state index is 12.9. The van der Waals surface area contributed by atoms with Crippen LogP contribution in [0.5, 0.6) is 0 Å². The van der Waals surface area contributed by atoms with Gasteiger partial charge in [0, 0.05) is 0 Å². The molecule has 3 heteroatoms. The van der Waals surface area contributed by atoms with E-state index < -0.39 is 0 Å². The van der Waals surface area contributed by atoms with Gasteiger partial charge in [0.05, 0.1) is 18.6 Å². The molecule has 0 spiro atoms. The van der Waals surface area contributed by atoms with E-state index in [0.29, 0.717) is 36.2 Å². The first-order valence-corrected chi connectivity index (χ1v) is 13.0. The van der Waals surface area contributed by atoms with E-state index in [4.69, 9.17) is 4.74 Å². The predicted octanol–water partition coefficient (Wildman–Crippen LogP) is 6.23. The van der Waals surface area contributed by atoms with E-state index in [-0.39, 0.29) is 23.4 Å². The number of fused-ring (bicyclic) bond motifs is 5. The third-order valence-electron chi connectivity index (χ3n) is 10.5. The van der Waals surface area contributed by atoms with Gasteiger partial charge in [-0.2, -0.15) is 0 Å². The monoisotopic (exact) mass is 418 g/mol. The number of hydrogen-bond donors (Lipinski definition) is 1. The Morgan fingerprint density at radius 3 is 2.43 bits per heavy atom. The number of ether oxygens (including phenoxy) is 1. The number of hydrogen-bond acceptors (Lipinski definition) is 3. The summed E-state index contributed by atoms with van der Waals surface area (Å²) in [5.74, 6) is 4.10. The second-order valence-corrected chi connectivity index (χ2v) is 12.5. The normalized spacial score (nSPS) is 47.1. The van der Waals surface area contributed by atoms with Gasteiger partial charge in [-0.05, 0) is 91.3 Å². The molecule has 30 heavy (non-hydrogen) atoms. The van der Waals surface area contributed by atoms with Crippen LogP contribution in [0.15, 0.2) is 0 Å². The van der Waals surface area contributed by atoms with E-state index in [1.165, 1.54) is 44.9 Å². The van der Waals surface area contributed by atoms with Gasteiger partial charge >= 0.3 is 5.97 Å². The zero-order valence-electron chi connectivity index (χ0n) is 20.2. The second kappa shape index (κ2) is 8.41. The third kappa shape index (κ3) is 3.76. The van der Waals surface area contributed by atoms with E-state index in [1.54, 1.807) is 0 Å². The first-order chi connectivity index (χ1) is 14.2. The number of aliphatic hydroxyl groups excluding tert-OH is 1. The highest BCUT2D eigenvalue weighted by molar-refractivity contribution is 5.74.